The Morgan fingerprint density at radius 3 is 2.86 bits per heavy atom. The van der Waals surface area contributed by atoms with Crippen LogP contribution in [0.15, 0.2) is 36.5 Å². The van der Waals surface area contributed by atoms with Crippen LogP contribution in [0.1, 0.15) is 41.5 Å². The predicted molar refractivity (Wildman–Crippen MR) is 79.5 cm³/mol. The highest BCUT2D eigenvalue weighted by Gasteiger charge is 2.16. The third-order valence-electron chi connectivity index (χ3n) is 3.06. The number of aromatic nitrogens is 1. The molecule has 0 bridgehead atoms. The number of hydrogen-bond donors (Lipinski definition) is 1. The first-order chi connectivity index (χ1) is 10.0. The Bertz CT molecular complexity index is 696. The minimum atomic E-state index is -0.428. The van der Waals surface area contributed by atoms with Crippen LogP contribution in [0, 0.1) is 11.3 Å². The number of carbonyl (C=O) groups excluding carboxylic acids is 1. The first kappa shape index (κ1) is 14.7. The van der Waals surface area contributed by atoms with Crippen molar-refractivity contribution < 1.29 is 9.53 Å². The summed E-state index contributed by atoms with van der Waals surface area (Å²) in [7, 11) is 0. The fourth-order valence-electron chi connectivity index (χ4n) is 2.04. The van der Waals surface area contributed by atoms with Crippen molar-refractivity contribution in [3.05, 3.63) is 53.3 Å². The van der Waals surface area contributed by atoms with E-state index in [1.807, 2.05) is 19.9 Å². The van der Waals surface area contributed by atoms with E-state index < -0.39 is 5.97 Å². The van der Waals surface area contributed by atoms with E-state index in [1.165, 1.54) is 0 Å². The quantitative estimate of drug-likeness (QED) is 0.875. The van der Waals surface area contributed by atoms with Crippen molar-refractivity contribution in [3.63, 3.8) is 0 Å². The van der Waals surface area contributed by atoms with Crippen LogP contribution in [-0.4, -0.2) is 10.5 Å². The Balaban J connectivity index is 2.10. The van der Waals surface area contributed by atoms with Gasteiger partial charge in [0.15, 0.2) is 0 Å². The number of anilines is 1. The zero-order valence-corrected chi connectivity index (χ0v) is 12.0. The van der Waals surface area contributed by atoms with Crippen molar-refractivity contribution in [1.29, 1.82) is 5.26 Å². The smallest absolute Gasteiger partial charge is 0.355 e. The zero-order valence-electron chi connectivity index (χ0n) is 12.0. The Labute approximate surface area is 123 Å². The average molecular weight is 283 g/mol. The molecule has 1 aromatic carbocycles. The highest BCUT2D eigenvalue weighted by molar-refractivity contribution is 5.89. The molecule has 0 saturated carbocycles. The fraction of sp³-hybridized carbons (Fsp3) is 0.250. The second kappa shape index (κ2) is 6.14. The number of benzene rings is 1. The van der Waals surface area contributed by atoms with Crippen LogP contribution in [0.2, 0.25) is 0 Å². The third-order valence-corrected chi connectivity index (χ3v) is 3.06. The van der Waals surface area contributed by atoms with Gasteiger partial charge in [0, 0.05) is 12.2 Å². The fourth-order valence-corrected chi connectivity index (χ4v) is 2.04. The summed E-state index contributed by atoms with van der Waals surface area (Å²) in [4.78, 5) is 12.1. The molecule has 0 unspecified atom stereocenters. The summed E-state index contributed by atoms with van der Waals surface area (Å²) in [6, 6.07) is 10.7. The third kappa shape index (κ3) is 3.42. The van der Waals surface area contributed by atoms with Gasteiger partial charge in [-0.3, -0.25) is 0 Å². The SMILES string of the molecule is CC(C)n1cc(N)cc1C(=O)OCc1cccc(C#N)c1. The second-order valence-corrected chi connectivity index (χ2v) is 5.05. The summed E-state index contributed by atoms with van der Waals surface area (Å²) in [6.45, 7) is 4.05. The molecule has 5 heteroatoms. The van der Waals surface area contributed by atoms with Crippen LogP contribution in [-0.2, 0) is 11.3 Å². The topological polar surface area (TPSA) is 81.0 Å². The highest BCUT2D eigenvalue weighted by Crippen LogP contribution is 2.18. The summed E-state index contributed by atoms with van der Waals surface area (Å²) in [5, 5.41) is 8.84. The monoisotopic (exact) mass is 283 g/mol. The number of nitriles is 1. The van der Waals surface area contributed by atoms with Gasteiger partial charge in [0.05, 0.1) is 17.3 Å². The van der Waals surface area contributed by atoms with E-state index in [-0.39, 0.29) is 12.6 Å². The van der Waals surface area contributed by atoms with E-state index in [1.54, 1.807) is 35.0 Å². The van der Waals surface area contributed by atoms with Gasteiger partial charge in [-0.05, 0) is 37.6 Å². The molecule has 1 aromatic heterocycles. The Morgan fingerprint density at radius 2 is 2.19 bits per heavy atom. The van der Waals surface area contributed by atoms with Gasteiger partial charge in [-0.25, -0.2) is 4.79 Å². The molecule has 0 amide bonds. The van der Waals surface area contributed by atoms with Gasteiger partial charge in [-0.1, -0.05) is 12.1 Å². The molecule has 0 aliphatic carbocycles. The molecule has 108 valence electrons. The molecule has 0 radical (unpaired) electrons. The van der Waals surface area contributed by atoms with E-state index in [2.05, 4.69) is 6.07 Å². The first-order valence-corrected chi connectivity index (χ1v) is 6.64. The second-order valence-electron chi connectivity index (χ2n) is 5.05. The molecule has 0 aliphatic rings. The summed E-state index contributed by atoms with van der Waals surface area (Å²) in [5.41, 5.74) is 8.01. The van der Waals surface area contributed by atoms with Gasteiger partial charge in [-0.15, -0.1) is 0 Å². The lowest BCUT2D eigenvalue weighted by molar-refractivity contribution is 0.0458. The number of hydrogen-bond acceptors (Lipinski definition) is 4. The first-order valence-electron chi connectivity index (χ1n) is 6.64. The van der Waals surface area contributed by atoms with Crippen LogP contribution < -0.4 is 5.73 Å². The van der Waals surface area contributed by atoms with Crippen molar-refractivity contribution >= 4 is 11.7 Å². The molecular weight excluding hydrogens is 266 g/mol. The normalized spacial score (nSPS) is 10.4. The minimum absolute atomic E-state index is 0.117. The van der Waals surface area contributed by atoms with Crippen molar-refractivity contribution in [1.82, 2.24) is 4.57 Å². The van der Waals surface area contributed by atoms with Gasteiger partial charge in [0.2, 0.25) is 0 Å². The van der Waals surface area contributed by atoms with E-state index in [0.29, 0.717) is 16.9 Å². The van der Waals surface area contributed by atoms with E-state index >= 15 is 0 Å². The van der Waals surface area contributed by atoms with E-state index in [4.69, 9.17) is 15.7 Å². The summed E-state index contributed by atoms with van der Waals surface area (Å²) in [6.07, 6.45) is 1.72. The van der Waals surface area contributed by atoms with Gasteiger partial charge in [-0.2, -0.15) is 5.26 Å². The number of nitrogen functional groups attached to an aromatic ring is 1. The molecule has 0 atom stereocenters. The molecule has 2 rings (SSSR count). The lowest BCUT2D eigenvalue weighted by Gasteiger charge is -2.12. The number of nitrogens with zero attached hydrogens (tertiary/aromatic N) is 2. The number of ether oxygens (including phenoxy) is 1. The molecule has 2 aromatic rings. The van der Waals surface area contributed by atoms with Crippen LogP contribution >= 0.6 is 0 Å². The van der Waals surface area contributed by atoms with Gasteiger partial charge in [0.25, 0.3) is 0 Å². The van der Waals surface area contributed by atoms with Crippen LogP contribution in [0.4, 0.5) is 5.69 Å². The molecule has 0 saturated heterocycles. The molecule has 0 spiro atoms. The molecular formula is C16H17N3O2. The zero-order chi connectivity index (χ0) is 15.4. The molecule has 0 fully saturated rings. The van der Waals surface area contributed by atoms with Crippen LogP contribution in [0.25, 0.3) is 0 Å². The Hall–Kier alpha value is -2.74. The Kier molecular flexibility index (Phi) is 4.29. The average Bonchev–Trinajstić information content (AvgIpc) is 2.87. The van der Waals surface area contributed by atoms with Crippen LogP contribution in [0.3, 0.4) is 0 Å². The van der Waals surface area contributed by atoms with Gasteiger partial charge < -0.3 is 15.0 Å². The molecule has 5 nitrogen and oxygen atoms in total. The van der Waals surface area contributed by atoms with Crippen molar-refractivity contribution in [2.45, 2.75) is 26.5 Å². The summed E-state index contributed by atoms with van der Waals surface area (Å²) in [5.74, 6) is -0.428. The number of carbonyl (C=O) groups is 1. The molecule has 2 N–H and O–H groups in total. The number of esters is 1. The summed E-state index contributed by atoms with van der Waals surface area (Å²) < 4.78 is 7.07. The lowest BCUT2D eigenvalue weighted by Crippen LogP contribution is -2.13. The standard InChI is InChI=1S/C16H17N3O2/c1-11(2)19-9-14(18)7-15(19)16(20)21-10-13-5-3-4-12(6-13)8-17/h3-7,9,11H,10,18H2,1-2H3. The van der Waals surface area contributed by atoms with Gasteiger partial charge in [0.1, 0.15) is 12.3 Å². The lowest BCUT2D eigenvalue weighted by atomic mass is 10.1. The van der Waals surface area contributed by atoms with Crippen molar-refractivity contribution in [3.8, 4) is 6.07 Å². The molecule has 0 aliphatic heterocycles. The number of rotatable bonds is 4. The van der Waals surface area contributed by atoms with E-state index in [9.17, 15) is 4.79 Å². The van der Waals surface area contributed by atoms with Crippen molar-refractivity contribution in [2.75, 3.05) is 5.73 Å². The van der Waals surface area contributed by atoms with Crippen LogP contribution in [0.5, 0.6) is 0 Å². The highest BCUT2D eigenvalue weighted by atomic mass is 16.5. The molecule has 1 heterocycles. The summed E-state index contributed by atoms with van der Waals surface area (Å²) >= 11 is 0. The minimum Gasteiger partial charge on any atom is -0.456 e. The Morgan fingerprint density at radius 1 is 1.43 bits per heavy atom. The maximum atomic E-state index is 12.1. The maximum absolute atomic E-state index is 12.1. The molecule has 21 heavy (non-hydrogen) atoms. The largest absolute Gasteiger partial charge is 0.456 e. The number of nitrogens with two attached hydrogens (primary N) is 1. The maximum Gasteiger partial charge on any atom is 0.355 e. The van der Waals surface area contributed by atoms with Crippen molar-refractivity contribution in [2.24, 2.45) is 0 Å². The predicted octanol–water partition coefficient (Wildman–Crippen LogP) is 2.88. The van der Waals surface area contributed by atoms with Gasteiger partial charge >= 0.3 is 5.97 Å². The van der Waals surface area contributed by atoms with E-state index in [0.717, 1.165) is 5.56 Å².